The second-order valence-electron chi connectivity index (χ2n) is 5.20. The van der Waals surface area contributed by atoms with Gasteiger partial charge in [-0.1, -0.05) is 63.6 Å². The Labute approximate surface area is 139 Å². The van der Waals surface area contributed by atoms with E-state index in [1.807, 2.05) is 30.3 Å². The summed E-state index contributed by atoms with van der Waals surface area (Å²) in [5.74, 6) is 0. The van der Waals surface area contributed by atoms with E-state index in [0.29, 0.717) is 0 Å². The fraction of sp³-hybridized carbons (Fsp3) is 0.200. The molecule has 0 spiro atoms. The number of benzene rings is 1. The van der Waals surface area contributed by atoms with Crippen molar-refractivity contribution in [1.29, 1.82) is 0 Å². The Kier molecular flexibility index (Phi) is 6.68. The summed E-state index contributed by atoms with van der Waals surface area (Å²) in [5, 5.41) is 0. The van der Waals surface area contributed by atoms with Gasteiger partial charge in [0.05, 0.1) is 0 Å². The van der Waals surface area contributed by atoms with Crippen LogP contribution in [0.15, 0.2) is 60.7 Å². The Morgan fingerprint density at radius 3 is 1.76 bits per heavy atom. The first kappa shape index (κ1) is 17.5. The molecule has 110 valence electrons. The van der Waals surface area contributed by atoms with Crippen molar-refractivity contribution in [3.05, 3.63) is 82.9 Å². The van der Waals surface area contributed by atoms with E-state index in [2.05, 4.69) is 58.0 Å². The molecule has 0 saturated heterocycles. The maximum absolute atomic E-state index is 2.22. The molecule has 3 aromatic rings. The zero-order valence-corrected chi connectivity index (χ0v) is 14.2. The van der Waals surface area contributed by atoms with Crippen molar-refractivity contribution in [2.75, 3.05) is 0 Å². The molecule has 0 aliphatic heterocycles. The van der Waals surface area contributed by atoms with Crippen LogP contribution in [-0.4, -0.2) is 0 Å². The predicted molar refractivity (Wildman–Crippen MR) is 88.5 cm³/mol. The van der Waals surface area contributed by atoms with Crippen molar-refractivity contribution in [1.82, 2.24) is 0 Å². The Bertz CT molecular complexity index is 600. The van der Waals surface area contributed by atoms with Gasteiger partial charge in [-0.2, -0.15) is 29.3 Å². The molecule has 0 aliphatic carbocycles. The maximum Gasteiger partial charge on any atom is 2.00 e. The minimum Gasteiger partial charge on any atom is -0.214 e. The van der Waals surface area contributed by atoms with Crippen LogP contribution in [0, 0.1) is 27.7 Å². The van der Waals surface area contributed by atoms with E-state index < -0.39 is 0 Å². The molecular weight excluding hydrogens is 296 g/mol. The summed E-state index contributed by atoms with van der Waals surface area (Å²) >= 11 is 0. The van der Waals surface area contributed by atoms with Crippen molar-refractivity contribution < 1.29 is 17.1 Å². The van der Waals surface area contributed by atoms with E-state index in [0.717, 1.165) is 0 Å². The number of rotatable bonds is 1. The summed E-state index contributed by atoms with van der Waals surface area (Å²) in [4.78, 5) is 0. The smallest absolute Gasteiger partial charge is 0.214 e. The van der Waals surface area contributed by atoms with Gasteiger partial charge in [0.2, 0.25) is 0 Å². The molecule has 0 bridgehead atoms. The average molecular weight is 318 g/mol. The molecule has 3 aromatic carbocycles. The third-order valence-corrected chi connectivity index (χ3v) is 4.06. The van der Waals surface area contributed by atoms with Crippen molar-refractivity contribution in [3.63, 3.8) is 0 Å². The fourth-order valence-corrected chi connectivity index (χ4v) is 2.58. The van der Waals surface area contributed by atoms with E-state index in [9.17, 15) is 0 Å². The predicted octanol–water partition coefficient (Wildman–Crippen LogP) is 5.71. The van der Waals surface area contributed by atoms with Crippen LogP contribution in [0.2, 0.25) is 0 Å². The Hall–Kier alpha value is -1.56. The molecule has 0 radical (unpaired) electrons. The molecule has 0 N–H and O–H groups in total. The second-order valence-corrected chi connectivity index (χ2v) is 5.20. The van der Waals surface area contributed by atoms with Gasteiger partial charge in [-0.3, -0.25) is 0 Å². The second kappa shape index (κ2) is 8.02. The third-order valence-electron chi connectivity index (χ3n) is 4.06. The van der Waals surface area contributed by atoms with E-state index in [4.69, 9.17) is 0 Å². The van der Waals surface area contributed by atoms with E-state index >= 15 is 0 Å². The first-order valence-electron chi connectivity index (χ1n) is 7.08. The summed E-state index contributed by atoms with van der Waals surface area (Å²) in [5.41, 5.74) is 8.49. The normalized spacial score (nSPS) is 9.52. The van der Waals surface area contributed by atoms with Gasteiger partial charge >= 0.3 is 17.1 Å². The molecule has 0 atom stereocenters. The van der Waals surface area contributed by atoms with Crippen molar-refractivity contribution in [2.45, 2.75) is 27.7 Å². The zero-order chi connectivity index (χ0) is 14.5. The minimum atomic E-state index is 0. The first-order chi connectivity index (χ1) is 9.63. The summed E-state index contributed by atoms with van der Waals surface area (Å²) in [6.45, 7) is 8.86. The van der Waals surface area contributed by atoms with Gasteiger partial charge in [-0.05, 0) is 0 Å². The van der Waals surface area contributed by atoms with Crippen molar-refractivity contribution in [2.24, 2.45) is 0 Å². The number of hydrogen-bond acceptors (Lipinski definition) is 0. The van der Waals surface area contributed by atoms with Crippen molar-refractivity contribution >= 4 is 0 Å². The molecular formula is C20H22Fe. The maximum atomic E-state index is 2.22. The van der Waals surface area contributed by atoms with Crippen LogP contribution in [0.4, 0.5) is 0 Å². The largest absolute Gasteiger partial charge is 2.00 e. The molecule has 0 unspecified atom stereocenters. The summed E-state index contributed by atoms with van der Waals surface area (Å²) in [7, 11) is 0. The van der Waals surface area contributed by atoms with Gasteiger partial charge in [-0.15, -0.1) is 16.7 Å². The molecule has 21 heavy (non-hydrogen) atoms. The molecule has 0 nitrogen and oxygen atoms in total. The number of hydrogen-bond donors (Lipinski definition) is 0. The van der Waals surface area contributed by atoms with Gasteiger partial charge in [0.1, 0.15) is 0 Å². The standard InChI is InChI=1S/C15H17.C5H5.Fe/c1-10-11(2)13(4)15(12(10)3)14-8-6-5-7-9-14;1-2-4-5-3-1;/h5-9H,1-4H3;1-5H;/q2*-1;+2. The Morgan fingerprint density at radius 2 is 1.38 bits per heavy atom. The van der Waals surface area contributed by atoms with Crippen LogP contribution in [0.5, 0.6) is 0 Å². The van der Waals surface area contributed by atoms with Gasteiger partial charge in [0.25, 0.3) is 0 Å². The topological polar surface area (TPSA) is 0 Å². The molecule has 0 aromatic heterocycles. The van der Waals surface area contributed by atoms with Gasteiger partial charge in [0.15, 0.2) is 0 Å². The fourth-order valence-electron chi connectivity index (χ4n) is 2.58. The molecule has 0 amide bonds. The van der Waals surface area contributed by atoms with Crippen LogP contribution in [-0.2, 0) is 17.1 Å². The average Bonchev–Trinajstić information content (AvgIpc) is 3.10. The van der Waals surface area contributed by atoms with E-state index in [1.54, 1.807) is 0 Å². The van der Waals surface area contributed by atoms with Crippen LogP contribution in [0.25, 0.3) is 11.1 Å². The van der Waals surface area contributed by atoms with Crippen LogP contribution in [0.1, 0.15) is 22.3 Å². The quantitative estimate of drug-likeness (QED) is 0.398. The SMILES string of the molecule is Cc1c(C)c(-c2ccccc2)[c-](C)c1C.[Fe+2].c1cc[cH-]c1. The molecule has 3 rings (SSSR count). The van der Waals surface area contributed by atoms with Gasteiger partial charge in [0, 0.05) is 0 Å². The van der Waals surface area contributed by atoms with E-state index in [-0.39, 0.29) is 17.1 Å². The van der Waals surface area contributed by atoms with E-state index in [1.165, 1.54) is 33.4 Å². The summed E-state index contributed by atoms with van der Waals surface area (Å²) in [6.07, 6.45) is 0. The molecule has 1 heteroatoms. The first-order valence-corrected chi connectivity index (χ1v) is 7.08. The van der Waals surface area contributed by atoms with Crippen LogP contribution < -0.4 is 0 Å². The molecule has 0 aliphatic rings. The van der Waals surface area contributed by atoms with Gasteiger partial charge in [-0.25, -0.2) is 12.1 Å². The molecule has 0 saturated carbocycles. The van der Waals surface area contributed by atoms with Gasteiger partial charge < -0.3 is 0 Å². The Balaban J connectivity index is 0.000000313. The summed E-state index contributed by atoms with van der Waals surface area (Å²) in [6, 6.07) is 20.6. The third kappa shape index (κ3) is 3.97. The molecule has 0 heterocycles. The monoisotopic (exact) mass is 318 g/mol. The van der Waals surface area contributed by atoms with Crippen molar-refractivity contribution in [3.8, 4) is 11.1 Å². The van der Waals surface area contributed by atoms with Crippen LogP contribution in [0.3, 0.4) is 0 Å². The minimum absolute atomic E-state index is 0. The zero-order valence-electron chi connectivity index (χ0n) is 13.1. The van der Waals surface area contributed by atoms with Crippen LogP contribution >= 0.6 is 0 Å². The summed E-state index contributed by atoms with van der Waals surface area (Å²) < 4.78 is 0. The molecule has 0 fully saturated rings. The Morgan fingerprint density at radius 1 is 0.810 bits per heavy atom.